The average Bonchev–Trinajstić information content (AvgIpc) is 2.55. The number of hydrogen-bond acceptors (Lipinski definition) is 2. The topological polar surface area (TPSA) is 12.5 Å². The molecule has 0 aliphatic carbocycles. The van der Waals surface area contributed by atoms with Crippen molar-refractivity contribution in [2.24, 2.45) is 0 Å². The van der Waals surface area contributed by atoms with Crippen molar-refractivity contribution in [3.63, 3.8) is 0 Å². The minimum atomic E-state index is -0.0201. The number of benzene rings is 2. The van der Waals surface area contributed by atoms with E-state index in [-0.39, 0.29) is 5.38 Å². The largest absolute Gasteiger partial charge is 0.496 e. The molecule has 2 aromatic rings. The van der Waals surface area contributed by atoms with Gasteiger partial charge in [0.15, 0.2) is 0 Å². The van der Waals surface area contributed by atoms with Gasteiger partial charge in [-0.25, -0.2) is 0 Å². The van der Waals surface area contributed by atoms with Crippen molar-refractivity contribution in [1.29, 1.82) is 0 Å². The van der Waals surface area contributed by atoms with Crippen LogP contribution in [0.25, 0.3) is 0 Å². The molecule has 3 heteroatoms. The van der Waals surface area contributed by atoms with Crippen LogP contribution in [0.3, 0.4) is 0 Å². The van der Waals surface area contributed by atoms with E-state index in [0.29, 0.717) is 0 Å². The Morgan fingerprint density at radius 1 is 1.14 bits per heavy atom. The Morgan fingerprint density at radius 2 is 1.86 bits per heavy atom. The third-order valence-corrected chi connectivity index (χ3v) is 4.29. The Morgan fingerprint density at radius 3 is 2.45 bits per heavy atom. The van der Waals surface area contributed by atoms with Gasteiger partial charge in [0.2, 0.25) is 0 Å². The van der Waals surface area contributed by atoms with Gasteiger partial charge in [0, 0.05) is 13.1 Å². The minimum Gasteiger partial charge on any atom is -0.496 e. The zero-order valence-electron chi connectivity index (χ0n) is 13.6. The first kappa shape index (κ1) is 16.9. The van der Waals surface area contributed by atoms with E-state index in [2.05, 4.69) is 48.2 Å². The van der Waals surface area contributed by atoms with E-state index in [4.69, 9.17) is 16.3 Å². The first-order valence-corrected chi connectivity index (χ1v) is 8.12. The molecule has 118 valence electrons. The van der Waals surface area contributed by atoms with Gasteiger partial charge in [0.1, 0.15) is 5.75 Å². The third-order valence-electron chi connectivity index (χ3n) is 3.90. The number of rotatable bonds is 7. The third kappa shape index (κ3) is 4.49. The standard InChI is InChI=1S/C19H24ClNO/c1-4-21(13-16-8-6-5-7-9-16)14-18(20)17-10-11-19(22-3)15(2)12-17/h5-12,18H,4,13-14H2,1-3H3. The number of likely N-dealkylation sites (N-methyl/N-ethyl adjacent to an activating group) is 1. The quantitative estimate of drug-likeness (QED) is 0.680. The number of hydrogen-bond donors (Lipinski definition) is 0. The fourth-order valence-corrected chi connectivity index (χ4v) is 2.91. The Bertz CT molecular complexity index is 585. The first-order chi connectivity index (χ1) is 10.6. The Kier molecular flexibility index (Phi) is 6.29. The highest BCUT2D eigenvalue weighted by Gasteiger charge is 2.14. The van der Waals surface area contributed by atoms with Crippen LogP contribution in [-0.4, -0.2) is 25.1 Å². The van der Waals surface area contributed by atoms with Crippen LogP contribution in [0, 0.1) is 6.92 Å². The van der Waals surface area contributed by atoms with Crippen LogP contribution in [-0.2, 0) is 6.54 Å². The second kappa shape index (κ2) is 8.21. The van der Waals surface area contributed by atoms with Gasteiger partial charge in [0.25, 0.3) is 0 Å². The van der Waals surface area contributed by atoms with Crippen LogP contribution < -0.4 is 4.74 Å². The SMILES string of the molecule is CCN(Cc1ccccc1)CC(Cl)c1ccc(OC)c(C)c1. The molecule has 2 nitrogen and oxygen atoms in total. The van der Waals surface area contributed by atoms with Gasteiger partial charge in [0.05, 0.1) is 12.5 Å². The minimum absolute atomic E-state index is 0.0201. The molecule has 2 aromatic carbocycles. The summed E-state index contributed by atoms with van der Waals surface area (Å²) < 4.78 is 5.31. The second-order valence-electron chi connectivity index (χ2n) is 5.51. The summed E-state index contributed by atoms with van der Waals surface area (Å²) in [6.45, 7) is 6.96. The normalized spacial score (nSPS) is 12.4. The molecule has 0 spiro atoms. The highest BCUT2D eigenvalue weighted by atomic mass is 35.5. The van der Waals surface area contributed by atoms with Crippen LogP contribution in [0.5, 0.6) is 5.75 Å². The lowest BCUT2D eigenvalue weighted by Crippen LogP contribution is -2.26. The van der Waals surface area contributed by atoms with E-state index in [1.54, 1.807) is 7.11 Å². The van der Waals surface area contributed by atoms with E-state index in [1.165, 1.54) is 5.56 Å². The Hall–Kier alpha value is -1.51. The van der Waals surface area contributed by atoms with Crippen LogP contribution in [0.15, 0.2) is 48.5 Å². The maximum absolute atomic E-state index is 6.63. The molecule has 0 fully saturated rings. The Balaban J connectivity index is 2.02. The molecule has 0 N–H and O–H groups in total. The van der Waals surface area contributed by atoms with E-state index in [1.807, 2.05) is 19.1 Å². The van der Waals surface area contributed by atoms with Crippen LogP contribution >= 0.6 is 11.6 Å². The van der Waals surface area contributed by atoms with Gasteiger partial charge in [-0.2, -0.15) is 0 Å². The van der Waals surface area contributed by atoms with Crippen LogP contribution in [0.1, 0.15) is 29.0 Å². The molecule has 1 unspecified atom stereocenters. The van der Waals surface area contributed by atoms with Crippen molar-refractivity contribution < 1.29 is 4.74 Å². The van der Waals surface area contributed by atoms with Gasteiger partial charge in [-0.3, -0.25) is 4.90 Å². The average molecular weight is 318 g/mol. The molecule has 1 atom stereocenters. The summed E-state index contributed by atoms with van der Waals surface area (Å²) in [4.78, 5) is 2.37. The lowest BCUT2D eigenvalue weighted by atomic mass is 10.1. The van der Waals surface area contributed by atoms with Crippen molar-refractivity contribution >= 4 is 11.6 Å². The Labute approximate surface area is 138 Å². The number of ether oxygens (including phenoxy) is 1. The van der Waals surface area contributed by atoms with E-state index in [0.717, 1.165) is 36.5 Å². The summed E-state index contributed by atoms with van der Waals surface area (Å²) in [5.74, 6) is 0.907. The zero-order valence-corrected chi connectivity index (χ0v) is 14.3. The molecular weight excluding hydrogens is 294 g/mol. The summed E-state index contributed by atoms with van der Waals surface area (Å²) in [5, 5.41) is -0.0201. The monoisotopic (exact) mass is 317 g/mol. The van der Waals surface area contributed by atoms with Crippen LogP contribution in [0.4, 0.5) is 0 Å². The molecule has 0 aliphatic heterocycles. The summed E-state index contributed by atoms with van der Waals surface area (Å²) in [6.07, 6.45) is 0. The summed E-state index contributed by atoms with van der Waals surface area (Å²) >= 11 is 6.63. The maximum Gasteiger partial charge on any atom is 0.121 e. The molecule has 22 heavy (non-hydrogen) atoms. The molecule has 0 radical (unpaired) electrons. The fraction of sp³-hybridized carbons (Fsp3) is 0.368. The van der Waals surface area contributed by atoms with Crippen molar-refractivity contribution in [2.75, 3.05) is 20.2 Å². The molecule has 0 amide bonds. The van der Waals surface area contributed by atoms with E-state index >= 15 is 0 Å². The number of methoxy groups -OCH3 is 1. The van der Waals surface area contributed by atoms with Crippen LogP contribution in [0.2, 0.25) is 0 Å². The smallest absolute Gasteiger partial charge is 0.121 e. The molecule has 2 rings (SSSR count). The maximum atomic E-state index is 6.63. The first-order valence-electron chi connectivity index (χ1n) is 7.69. The lowest BCUT2D eigenvalue weighted by molar-refractivity contribution is 0.280. The predicted molar refractivity (Wildman–Crippen MR) is 93.7 cm³/mol. The molecule has 0 saturated heterocycles. The summed E-state index contributed by atoms with van der Waals surface area (Å²) in [6, 6.07) is 16.7. The number of nitrogens with zero attached hydrogens (tertiary/aromatic N) is 1. The molecular formula is C19H24ClNO. The summed E-state index contributed by atoms with van der Waals surface area (Å²) in [7, 11) is 1.69. The van der Waals surface area contributed by atoms with E-state index < -0.39 is 0 Å². The van der Waals surface area contributed by atoms with Crippen molar-refractivity contribution in [2.45, 2.75) is 25.8 Å². The molecule has 0 bridgehead atoms. The molecule has 0 heterocycles. The zero-order chi connectivity index (χ0) is 15.9. The highest BCUT2D eigenvalue weighted by molar-refractivity contribution is 6.21. The second-order valence-corrected chi connectivity index (χ2v) is 6.04. The number of alkyl halides is 1. The molecule has 0 aromatic heterocycles. The lowest BCUT2D eigenvalue weighted by Gasteiger charge is -2.24. The van der Waals surface area contributed by atoms with Gasteiger partial charge in [-0.05, 0) is 36.2 Å². The van der Waals surface area contributed by atoms with Crippen molar-refractivity contribution in [3.05, 3.63) is 65.2 Å². The molecule has 0 saturated carbocycles. The van der Waals surface area contributed by atoms with Gasteiger partial charge < -0.3 is 4.74 Å². The van der Waals surface area contributed by atoms with E-state index in [9.17, 15) is 0 Å². The fourth-order valence-electron chi connectivity index (χ4n) is 2.58. The highest BCUT2D eigenvalue weighted by Crippen LogP contribution is 2.27. The van der Waals surface area contributed by atoms with Crippen molar-refractivity contribution in [1.82, 2.24) is 4.90 Å². The van der Waals surface area contributed by atoms with Crippen molar-refractivity contribution in [3.8, 4) is 5.75 Å². The van der Waals surface area contributed by atoms with Gasteiger partial charge >= 0.3 is 0 Å². The number of aryl methyl sites for hydroxylation is 1. The summed E-state index contributed by atoms with van der Waals surface area (Å²) in [5.41, 5.74) is 3.59. The molecule has 0 aliphatic rings. The van der Waals surface area contributed by atoms with Gasteiger partial charge in [-0.15, -0.1) is 11.6 Å². The predicted octanol–water partition coefficient (Wildman–Crippen LogP) is 4.81. The van der Waals surface area contributed by atoms with Gasteiger partial charge in [-0.1, -0.05) is 49.4 Å². The number of halogens is 1.